The number of anilines is 1. The summed E-state index contributed by atoms with van der Waals surface area (Å²) in [5.41, 5.74) is 5.07. The molecule has 10 heteroatoms. The summed E-state index contributed by atoms with van der Waals surface area (Å²) in [4.78, 5) is 32.8. The molecule has 2 aliphatic carbocycles. The van der Waals surface area contributed by atoms with Crippen LogP contribution in [0.4, 0.5) is 15.3 Å². The standard InChI is InChI=1S/C26H35N5O4S/c1-26(2,3)35-25(33)30-36(34,18-14-12-17(13-15-18)16-31(4)5)29-24(32)28-23-19-8-6-10-21(19)27-22-11-7-9-20(22)23/h12-15H,6-11,16H2,1-5H3,(H2,27,28,29,30,32,33,34). The second-order valence-corrected chi connectivity index (χ2v) is 12.5. The first-order valence-corrected chi connectivity index (χ1v) is 13.8. The molecule has 1 aromatic heterocycles. The number of fused-ring (bicyclic) bond motifs is 2. The number of carbonyl (C=O) groups is 2. The summed E-state index contributed by atoms with van der Waals surface area (Å²) in [6.07, 6.45) is 4.52. The van der Waals surface area contributed by atoms with E-state index in [1.807, 2.05) is 31.1 Å². The van der Waals surface area contributed by atoms with Crippen LogP contribution in [0, 0.1) is 0 Å². The van der Waals surface area contributed by atoms with Crippen molar-refractivity contribution in [2.45, 2.75) is 76.3 Å². The highest BCUT2D eigenvalue weighted by atomic mass is 32.2. The van der Waals surface area contributed by atoms with E-state index in [1.165, 1.54) is 0 Å². The zero-order valence-corrected chi connectivity index (χ0v) is 22.5. The van der Waals surface area contributed by atoms with Gasteiger partial charge in [0.1, 0.15) is 5.60 Å². The van der Waals surface area contributed by atoms with E-state index in [2.05, 4.69) is 14.4 Å². The third kappa shape index (κ3) is 6.04. The number of ether oxygens (including phenoxy) is 1. The second-order valence-electron chi connectivity index (χ2n) is 10.6. The average Bonchev–Trinajstić information content (AvgIpc) is 3.41. The van der Waals surface area contributed by atoms with Crippen molar-refractivity contribution in [3.8, 4) is 0 Å². The van der Waals surface area contributed by atoms with Gasteiger partial charge in [-0.3, -0.25) is 4.98 Å². The minimum Gasteiger partial charge on any atom is -0.443 e. The second kappa shape index (κ2) is 10.2. The fraction of sp³-hybridized carbons (Fsp3) is 0.500. The third-order valence-electron chi connectivity index (χ3n) is 6.06. The van der Waals surface area contributed by atoms with Crippen molar-refractivity contribution < 1.29 is 18.5 Å². The van der Waals surface area contributed by atoms with E-state index in [0.29, 0.717) is 6.54 Å². The zero-order chi connectivity index (χ0) is 26.1. The van der Waals surface area contributed by atoms with Crippen molar-refractivity contribution in [3.63, 3.8) is 0 Å². The lowest BCUT2D eigenvalue weighted by molar-refractivity contribution is 0.0571. The predicted octanol–water partition coefficient (Wildman–Crippen LogP) is 4.62. The molecule has 0 spiro atoms. The Balaban J connectivity index is 1.69. The molecular formula is C26H35N5O4S. The number of hydrogen-bond acceptors (Lipinski definition) is 6. The maximum Gasteiger partial charge on any atom is 0.420 e. The summed E-state index contributed by atoms with van der Waals surface area (Å²) in [5, 5.41) is 2.90. The van der Waals surface area contributed by atoms with Gasteiger partial charge in [-0.05, 0) is 102 Å². The van der Waals surface area contributed by atoms with Gasteiger partial charge in [0, 0.05) is 17.9 Å². The minimum atomic E-state index is -3.67. The number of rotatable bonds is 5. The minimum absolute atomic E-state index is 0.219. The van der Waals surface area contributed by atoms with E-state index in [-0.39, 0.29) is 4.90 Å². The van der Waals surface area contributed by atoms with E-state index in [4.69, 9.17) is 9.72 Å². The van der Waals surface area contributed by atoms with Crippen LogP contribution in [-0.4, -0.2) is 45.9 Å². The van der Waals surface area contributed by atoms with Crippen LogP contribution in [0.2, 0.25) is 0 Å². The normalized spacial score (nSPS) is 16.2. The van der Waals surface area contributed by atoms with Gasteiger partial charge in [0.2, 0.25) is 0 Å². The monoisotopic (exact) mass is 513 g/mol. The lowest BCUT2D eigenvalue weighted by atomic mass is 10.1. The fourth-order valence-corrected chi connectivity index (χ4v) is 5.99. The molecule has 2 aliphatic rings. The van der Waals surface area contributed by atoms with Gasteiger partial charge in [-0.25, -0.2) is 18.5 Å². The Morgan fingerprint density at radius 1 is 1.03 bits per heavy atom. The summed E-state index contributed by atoms with van der Waals surface area (Å²) in [5.74, 6) is 0. The molecule has 1 aromatic carbocycles. The number of nitrogens with zero attached hydrogens (tertiary/aromatic N) is 3. The van der Waals surface area contributed by atoms with Crippen LogP contribution in [0.15, 0.2) is 33.5 Å². The van der Waals surface area contributed by atoms with Gasteiger partial charge in [-0.2, -0.15) is 0 Å². The molecule has 1 atom stereocenters. The lowest BCUT2D eigenvalue weighted by Crippen LogP contribution is -2.37. The maximum atomic E-state index is 14.0. The van der Waals surface area contributed by atoms with Crippen molar-refractivity contribution >= 4 is 27.7 Å². The predicted molar refractivity (Wildman–Crippen MR) is 139 cm³/mol. The lowest BCUT2D eigenvalue weighted by Gasteiger charge is -2.21. The van der Waals surface area contributed by atoms with Gasteiger partial charge in [0.05, 0.1) is 10.6 Å². The van der Waals surface area contributed by atoms with Crippen molar-refractivity contribution in [2.75, 3.05) is 19.4 Å². The van der Waals surface area contributed by atoms with E-state index >= 15 is 0 Å². The van der Waals surface area contributed by atoms with Crippen LogP contribution in [0.25, 0.3) is 0 Å². The van der Waals surface area contributed by atoms with E-state index in [9.17, 15) is 13.8 Å². The molecule has 4 rings (SSSR count). The first-order chi connectivity index (χ1) is 16.9. The summed E-state index contributed by atoms with van der Waals surface area (Å²) < 4.78 is 25.7. The molecule has 1 heterocycles. The van der Waals surface area contributed by atoms with Crippen molar-refractivity contribution in [3.05, 3.63) is 52.3 Å². The first kappa shape index (κ1) is 26.1. The molecule has 1 unspecified atom stereocenters. The van der Waals surface area contributed by atoms with Crippen LogP contribution >= 0.6 is 0 Å². The number of pyridine rings is 1. The van der Waals surface area contributed by atoms with E-state index in [1.54, 1.807) is 32.9 Å². The Labute approximate surface area is 213 Å². The number of carbonyl (C=O) groups excluding carboxylic acids is 2. The largest absolute Gasteiger partial charge is 0.443 e. The maximum absolute atomic E-state index is 14.0. The summed E-state index contributed by atoms with van der Waals surface area (Å²) in [6, 6.07) is 6.08. The molecule has 0 fully saturated rings. The third-order valence-corrected chi connectivity index (χ3v) is 7.83. The molecule has 2 aromatic rings. The molecule has 36 heavy (non-hydrogen) atoms. The highest BCUT2D eigenvalue weighted by molar-refractivity contribution is 7.92. The number of hydrogen-bond donors (Lipinski definition) is 2. The molecule has 9 nitrogen and oxygen atoms in total. The highest BCUT2D eigenvalue weighted by Gasteiger charge is 2.28. The SMILES string of the molecule is CN(C)Cc1ccc(S(=O)(=NC(=O)Nc2c3c(nc4c2CCC4)CCC3)NC(=O)OC(C)(C)C)cc1. The average molecular weight is 514 g/mol. The zero-order valence-electron chi connectivity index (χ0n) is 21.6. The summed E-state index contributed by atoms with van der Waals surface area (Å²) in [7, 11) is 0.231. The van der Waals surface area contributed by atoms with Crippen LogP contribution < -0.4 is 10.0 Å². The van der Waals surface area contributed by atoms with Gasteiger partial charge in [0.15, 0.2) is 9.92 Å². The van der Waals surface area contributed by atoms with Gasteiger partial charge in [0.25, 0.3) is 0 Å². The Bertz CT molecular complexity index is 1260. The molecule has 194 valence electrons. The van der Waals surface area contributed by atoms with E-state index < -0.39 is 27.6 Å². The molecule has 3 amide bonds. The topological polar surface area (TPSA) is 113 Å². The smallest absolute Gasteiger partial charge is 0.420 e. The number of aromatic nitrogens is 1. The van der Waals surface area contributed by atoms with Crippen LogP contribution in [0.5, 0.6) is 0 Å². The van der Waals surface area contributed by atoms with Gasteiger partial charge >= 0.3 is 12.1 Å². The molecular weight excluding hydrogens is 478 g/mol. The van der Waals surface area contributed by atoms with Crippen LogP contribution in [-0.2, 0) is 46.9 Å². The van der Waals surface area contributed by atoms with Crippen LogP contribution in [0.3, 0.4) is 0 Å². The Kier molecular flexibility index (Phi) is 7.38. The molecule has 0 aliphatic heterocycles. The first-order valence-electron chi connectivity index (χ1n) is 12.3. The van der Waals surface area contributed by atoms with Crippen molar-refractivity contribution in [1.29, 1.82) is 0 Å². The van der Waals surface area contributed by atoms with Gasteiger partial charge in [-0.1, -0.05) is 12.1 Å². The Morgan fingerprint density at radius 3 is 2.14 bits per heavy atom. The Hall–Kier alpha value is -2.98. The number of nitrogens with one attached hydrogen (secondary N) is 2. The number of benzene rings is 1. The fourth-order valence-electron chi connectivity index (χ4n) is 4.67. The number of amides is 3. The summed E-state index contributed by atoms with van der Waals surface area (Å²) >= 11 is 0. The highest BCUT2D eigenvalue weighted by Crippen LogP contribution is 2.36. The van der Waals surface area contributed by atoms with Crippen molar-refractivity contribution in [1.82, 2.24) is 14.6 Å². The van der Waals surface area contributed by atoms with Crippen LogP contribution in [0.1, 0.15) is 61.7 Å². The molecule has 0 saturated heterocycles. The molecule has 2 N–H and O–H groups in total. The molecule has 0 saturated carbocycles. The molecule has 0 radical (unpaired) electrons. The summed E-state index contributed by atoms with van der Waals surface area (Å²) in [6.45, 7) is 5.81. The van der Waals surface area contributed by atoms with Gasteiger partial charge < -0.3 is 15.0 Å². The molecule has 0 bridgehead atoms. The van der Waals surface area contributed by atoms with Gasteiger partial charge in [-0.15, -0.1) is 4.36 Å². The quantitative estimate of drug-likeness (QED) is 0.603. The van der Waals surface area contributed by atoms with E-state index in [0.717, 1.165) is 72.3 Å². The number of urea groups is 1. The Morgan fingerprint density at radius 2 is 1.61 bits per heavy atom. The van der Waals surface area contributed by atoms with Crippen molar-refractivity contribution in [2.24, 2.45) is 4.36 Å². The number of aryl methyl sites for hydroxylation is 2.